The van der Waals surface area contributed by atoms with Crippen LogP contribution in [0.1, 0.15) is 38.8 Å². The van der Waals surface area contributed by atoms with E-state index >= 15 is 0 Å². The van der Waals surface area contributed by atoms with Gasteiger partial charge < -0.3 is 18.9 Å². The molecule has 9 heteroatoms. The van der Waals surface area contributed by atoms with Crippen LogP contribution >= 0.6 is 0 Å². The molecule has 0 aromatic heterocycles. The van der Waals surface area contributed by atoms with Crippen LogP contribution in [0.2, 0.25) is 0 Å². The van der Waals surface area contributed by atoms with Crippen LogP contribution in [-0.2, 0) is 30.0 Å². The summed E-state index contributed by atoms with van der Waals surface area (Å²) in [6.45, 7) is 5.98. The molecule has 0 saturated heterocycles. The second-order valence-electron chi connectivity index (χ2n) is 12.6. The van der Waals surface area contributed by atoms with E-state index in [1.807, 2.05) is 42.5 Å². The maximum absolute atomic E-state index is 13.5. The zero-order valence-electron chi connectivity index (χ0n) is 29.7. The first kappa shape index (κ1) is 38.2. The Labute approximate surface area is 311 Å². The van der Waals surface area contributed by atoms with E-state index in [4.69, 9.17) is 18.9 Å². The lowest BCUT2D eigenvalue weighted by atomic mass is 10.1. The van der Waals surface area contributed by atoms with E-state index in [9.17, 15) is 18.4 Å². The van der Waals surface area contributed by atoms with Crippen LogP contribution in [0.3, 0.4) is 0 Å². The lowest BCUT2D eigenvalue weighted by Crippen LogP contribution is -2.29. The molecule has 0 unspecified atom stereocenters. The molecule has 0 aliphatic carbocycles. The van der Waals surface area contributed by atoms with Gasteiger partial charge in [0.2, 0.25) is 0 Å². The minimum atomic E-state index is -1.11. The predicted octanol–water partition coefficient (Wildman–Crippen LogP) is 8.56. The van der Waals surface area contributed by atoms with Crippen molar-refractivity contribution in [1.82, 2.24) is 0 Å². The molecule has 0 N–H and O–H groups in total. The summed E-state index contributed by atoms with van der Waals surface area (Å²) in [5.74, 6) is 10.4. The lowest BCUT2D eigenvalue weighted by Gasteiger charge is -2.19. The molecule has 0 amide bonds. The van der Waals surface area contributed by atoms with E-state index in [0.717, 1.165) is 14.7 Å². The van der Waals surface area contributed by atoms with Crippen LogP contribution in [0.4, 0.5) is 8.78 Å². The van der Waals surface area contributed by atoms with Crippen LogP contribution in [0.25, 0.3) is 0 Å². The Morgan fingerprint density at radius 1 is 0.547 bits per heavy atom. The topological polar surface area (TPSA) is 71.1 Å². The molecule has 0 saturated carbocycles. The highest BCUT2D eigenvalue weighted by Gasteiger charge is 2.29. The molecule has 6 nitrogen and oxygen atoms in total. The van der Waals surface area contributed by atoms with Gasteiger partial charge in [-0.1, -0.05) is 54.0 Å². The average molecular weight is 732 g/mol. The van der Waals surface area contributed by atoms with Crippen molar-refractivity contribution in [3.8, 4) is 35.2 Å². The number of esters is 2. The Morgan fingerprint density at radius 2 is 0.943 bits per heavy atom. The third-order valence-corrected chi connectivity index (χ3v) is 9.44. The van der Waals surface area contributed by atoms with Gasteiger partial charge in [0.25, 0.3) is 0 Å². The van der Waals surface area contributed by atoms with E-state index in [1.54, 1.807) is 76.2 Å². The van der Waals surface area contributed by atoms with Gasteiger partial charge in [0.15, 0.2) is 39.1 Å². The molecule has 5 aromatic carbocycles. The molecule has 0 bridgehead atoms. The summed E-state index contributed by atoms with van der Waals surface area (Å²) in [7, 11) is -0.495. The first-order valence-electron chi connectivity index (χ1n) is 16.6. The first-order valence-corrected chi connectivity index (χ1v) is 17.8. The van der Waals surface area contributed by atoms with Gasteiger partial charge in [-0.3, -0.25) is 0 Å². The normalized spacial score (nSPS) is 11.0. The fourth-order valence-corrected chi connectivity index (χ4v) is 6.91. The maximum Gasteiger partial charge on any atom is 0.345 e. The highest BCUT2D eigenvalue weighted by atomic mass is 32.2. The van der Waals surface area contributed by atoms with E-state index < -0.39 is 45.7 Å². The summed E-state index contributed by atoms with van der Waals surface area (Å²) in [5, 5.41) is 0. The van der Waals surface area contributed by atoms with Crippen molar-refractivity contribution in [2.24, 2.45) is 0 Å². The standard InChI is InChI=1S/C44H37F2O6S/c1-43(2,26-24-32-10-8-12-34(45)28-32)51-41(47)30-49-36-16-20-39(21-17-36)53(38-14-6-5-7-15-38)40-22-18-37(19-23-40)50-31-42(48)52-44(3,4)27-25-33-11-9-13-35(46)29-33/h5-23,28-29H,30-31H2,1-4H3/q+1. The largest absolute Gasteiger partial charge is 0.482 e. The van der Waals surface area contributed by atoms with E-state index in [1.165, 1.54) is 24.3 Å². The summed E-state index contributed by atoms with van der Waals surface area (Å²) in [6, 6.07) is 36.8. The predicted molar refractivity (Wildman–Crippen MR) is 199 cm³/mol. The summed E-state index contributed by atoms with van der Waals surface area (Å²) < 4.78 is 49.4. The SMILES string of the molecule is CC(C)(C#Cc1cccc(F)c1)OC(=O)COc1ccc([S+](c2ccccc2)c2ccc(OCC(=O)OC(C)(C)C#Cc3cccc(F)c3)cc2)cc1. The third-order valence-electron chi connectivity index (χ3n) is 7.21. The van der Waals surface area contributed by atoms with Crippen LogP contribution in [0.5, 0.6) is 11.5 Å². The summed E-state index contributed by atoms with van der Waals surface area (Å²) in [6.07, 6.45) is 0. The van der Waals surface area contributed by atoms with Crippen molar-refractivity contribution in [3.05, 3.63) is 150 Å². The van der Waals surface area contributed by atoms with Gasteiger partial charge in [0, 0.05) is 11.1 Å². The molecular weight excluding hydrogens is 695 g/mol. The Kier molecular flexibility index (Phi) is 12.6. The number of carbonyl (C=O) groups excluding carboxylic acids is 2. The molecule has 5 aromatic rings. The number of rotatable bonds is 11. The van der Waals surface area contributed by atoms with Crippen LogP contribution in [0, 0.1) is 35.3 Å². The van der Waals surface area contributed by atoms with Crippen molar-refractivity contribution in [1.29, 1.82) is 0 Å². The molecule has 53 heavy (non-hydrogen) atoms. The minimum absolute atomic E-state index is 0.316. The third kappa shape index (κ3) is 12.0. The summed E-state index contributed by atoms with van der Waals surface area (Å²) in [5.41, 5.74) is -1.25. The Morgan fingerprint density at radius 3 is 1.34 bits per heavy atom. The quantitative estimate of drug-likeness (QED) is 0.0771. The highest BCUT2D eigenvalue weighted by molar-refractivity contribution is 7.97. The van der Waals surface area contributed by atoms with Gasteiger partial charge in [-0.25, -0.2) is 18.4 Å². The molecule has 0 aliphatic heterocycles. The van der Waals surface area contributed by atoms with Crippen molar-refractivity contribution in [2.75, 3.05) is 13.2 Å². The van der Waals surface area contributed by atoms with Gasteiger partial charge in [-0.2, -0.15) is 0 Å². The molecule has 0 spiro atoms. The van der Waals surface area contributed by atoms with Crippen molar-refractivity contribution >= 4 is 22.8 Å². The molecule has 0 radical (unpaired) electrons. The Balaban J connectivity index is 1.18. The van der Waals surface area contributed by atoms with Gasteiger partial charge >= 0.3 is 11.9 Å². The molecule has 0 aliphatic rings. The maximum atomic E-state index is 13.5. The van der Waals surface area contributed by atoms with Gasteiger partial charge in [0.1, 0.15) is 23.1 Å². The van der Waals surface area contributed by atoms with Crippen LogP contribution < -0.4 is 9.47 Å². The van der Waals surface area contributed by atoms with Crippen molar-refractivity contribution < 1.29 is 37.3 Å². The van der Waals surface area contributed by atoms with Gasteiger partial charge in [-0.15, -0.1) is 0 Å². The number of hydrogen-bond donors (Lipinski definition) is 0. The van der Waals surface area contributed by atoms with E-state index in [2.05, 4.69) is 35.8 Å². The minimum Gasteiger partial charge on any atom is -0.482 e. The highest BCUT2D eigenvalue weighted by Crippen LogP contribution is 2.33. The number of hydrogen-bond acceptors (Lipinski definition) is 6. The van der Waals surface area contributed by atoms with Crippen molar-refractivity contribution in [2.45, 2.75) is 53.6 Å². The molecule has 0 atom stereocenters. The molecular formula is C44H37F2O6S+. The fourth-order valence-electron chi connectivity index (χ4n) is 4.85. The Hall–Kier alpha value is -6.03. The smallest absolute Gasteiger partial charge is 0.345 e. The summed E-state index contributed by atoms with van der Waals surface area (Å²) >= 11 is 0. The lowest BCUT2D eigenvalue weighted by molar-refractivity contribution is -0.155. The first-order chi connectivity index (χ1) is 25.3. The monoisotopic (exact) mass is 731 g/mol. The van der Waals surface area contributed by atoms with E-state index in [-0.39, 0.29) is 13.2 Å². The molecule has 5 rings (SSSR count). The second-order valence-corrected chi connectivity index (χ2v) is 14.7. The zero-order valence-corrected chi connectivity index (χ0v) is 30.5. The number of carbonyl (C=O) groups is 2. The number of ether oxygens (including phenoxy) is 4. The van der Waals surface area contributed by atoms with E-state index in [0.29, 0.717) is 22.6 Å². The number of halogens is 2. The van der Waals surface area contributed by atoms with Crippen LogP contribution in [-0.4, -0.2) is 36.4 Å². The molecule has 0 fully saturated rings. The van der Waals surface area contributed by atoms with Crippen molar-refractivity contribution in [3.63, 3.8) is 0 Å². The molecule has 268 valence electrons. The molecule has 0 heterocycles. The van der Waals surface area contributed by atoms with Gasteiger partial charge in [-0.05, 0) is 125 Å². The van der Waals surface area contributed by atoms with Crippen LogP contribution in [0.15, 0.2) is 142 Å². The fraction of sp³-hybridized carbons (Fsp3) is 0.182. The van der Waals surface area contributed by atoms with Gasteiger partial charge in [0.05, 0.1) is 10.9 Å². The number of benzene rings is 5. The Bertz CT molecular complexity index is 2020. The second kappa shape index (κ2) is 17.5. The average Bonchev–Trinajstić information content (AvgIpc) is 3.13. The zero-order chi connectivity index (χ0) is 37.8. The summed E-state index contributed by atoms with van der Waals surface area (Å²) in [4.78, 5) is 28.3.